The largest absolute Gasteiger partial charge is 0.466 e. The minimum Gasteiger partial charge on any atom is -0.466 e. The zero-order valence-electron chi connectivity index (χ0n) is 11.9. The fourth-order valence-electron chi connectivity index (χ4n) is 2.10. The van der Waals surface area contributed by atoms with Gasteiger partial charge < -0.3 is 9.47 Å². The Bertz CT molecular complexity index is 374. The predicted octanol–water partition coefficient (Wildman–Crippen LogP) is 2.33. The number of rotatable bonds is 3. The third kappa shape index (κ3) is 3.34. The molecular weight excluding hydrogens is 232 g/mol. The summed E-state index contributed by atoms with van der Waals surface area (Å²) in [7, 11) is 1.33. The number of carbonyl (C=O) groups excluding carboxylic acids is 2. The summed E-state index contributed by atoms with van der Waals surface area (Å²) in [5, 5.41) is 0. The van der Waals surface area contributed by atoms with E-state index in [-0.39, 0.29) is 23.2 Å². The Morgan fingerprint density at radius 3 is 2.22 bits per heavy atom. The third-order valence-electron chi connectivity index (χ3n) is 3.21. The van der Waals surface area contributed by atoms with Gasteiger partial charge in [0.25, 0.3) is 0 Å². The molecule has 0 aromatic carbocycles. The van der Waals surface area contributed by atoms with Gasteiger partial charge in [0.1, 0.15) is 5.60 Å². The molecule has 0 aromatic heterocycles. The minimum absolute atomic E-state index is 0.0337. The third-order valence-corrected chi connectivity index (χ3v) is 3.21. The van der Waals surface area contributed by atoms with Gasteiger partial charge in [0.2, 0.25) is 0 Å². The van der Waals surface area contributed by atoms with Gasteiger partial charge in [0.05, 0.1) is 13.0 Å². The van der Waals surface area contributed by atoms with Gasteiger partial charge in [-0.15, -0.1) is 0 Å². The summed E-state index contributed by atoms with van der Waals surface area (Å²) >= 11 is 0. The van der Waals surface area contributed by atoms with Crippen LogP contribution in [0.15, 0.2) is 12.2 Å². The molecule has 0 N–H and O–H groups in total. The molecule has 4 heteroatoms. The van der Waals surface area contributed by atoms with Gasteiger partial charge in [0, 0.05) is 6.08 Å². The summed E-state index contributed by atoms with van der Waals surface area (Å²) in [5.41, 5.74) is -0.640. The van der Waals surface area contributed by atoms with Gasteiger partial charge in [-0.2, -0.15) is 0 Å². The van der Waals surface area contributed by atoms with Gasteiger partial charge in [-0.25, -0.2) is 4.79 Å². The molecule has 0 amide bonds. The Hall–Kier alpha value is -1.32. The van der Waals surface area contributed by atoms with Crippen molar-refractivity contribution < 1.29 is 19.1 Å². The van der Waals surface area contributed by atoms with Crippen LogP contribution in [0.25, 0.3) is 0 Å². The van der Waals surface area contributed by atoms with E-state index in [0.717, 1.165) is 0 Å². The quantitative estimate of drug-likeness (QED) is 0.573. The van der Waals surface area contributed by atoms with Crippen molar-refractivity contribution in [2.24, 2.45) is 17.3 Å². The number of allylic oxidation sites excluding steroid dienone is 1. The maximum Gasteiger partial charge on any atom is 0.330 e. The first-order chi connectivity index (χ1) is 8.09. The molecule has 0 unspecified atom stereocenters. The standard InChI is InChI=1S/C14H22O4/c1-13(2,3)18-12(16)11-9(14(11,4)5)7-8-10(15)17-6/h7-9,11H,1-6H3/t9-,11+/m1/s1. The molecular formula is C14H22O4. The van der Waals surface area contributed by atoms with E-state index in [2.05, 4.69) is 4.74 Å². The Labute approximate surface area is 108 Å². The highest BCUT2D eigenvalue weighted by Crippen LogP contribution is 2.59. The summed E-state index contributed by atoms with van der Waals surface area (Å²) in [5.74, 6) is -0.753. The summed E-state index contributed by atoms with van der Waals surface area (Å²) in [6, 6.07) is 0. The Kier molecular flexibility index (Phi) is 3.89. The van der Waals surface area contributed by atoms with E-state index in [9.17, 15) is 9.59 Å². The summed E-state index contributed by atoms with van der Waals surface area (Å²) < 4.78 is 9.90. The van der Waals surface area contributed by atoms with E-state index >= 15 is 0 Å². The topological polar surface area (TPSA) is 52.6 Å². The van der Waals surface area contributed by atoms with Crippen molar-refractivity contribution in [3.63, 3.8) is 0 Å². The molecule has 1 aliphatic carbocycles. The number of esters is 2. The summed E-state index contributed by atoms with van der Waals surface area (Å²) in [6.07, 6.45) is 3.11. The maximum absolute atomic E-state index is 12.0. The zero-order chi connectivity index (χ0) is 14.1. The van der Waals surface area contributed by atoms with Crippen molar-refractivity contribution in [2.45, 2.75) is 40.2 Å². The van der Waals surface area contributed by atoms with Crippen molar-refractivity contribution in [1.29, 1.82) is 0 Å². The molecule has 4 nitrogen and oxygen atoms in total. The van der Waals surface area contributed by atoms with Crippen LogP contribution in [0.5, 0.6) is 0 Å². The van der Waals surface area contributed by atoms with Gasteiger partial charge in [-0.1, -0.05) is 19.9 Å². The maximum atomic E-state index is 12.0. The van der Waals surface area contributed by atoms with E-state index in [1.54, 1.807) is 6.08 Å². The number of hydrogen-bond donors (Lipinski definition) is 0. The first-order valence-electron chi connectivity index (χ1n) is 6.08. The molecule has 1 saturated carbocycles. The molecule has 2 atom stereocenters. The Morgan fingerprint density at radius 2 is 1.78 bits per heavy atom. The Balaban J connectivity index is 2.66. The van der Waals surface area contributed by atoms with Gasteiger partial charge in [-0.3, -0.25) is 4.79 Å². The van der Waals surface area contributed by atoms with Gasteiger partial charge >= 0.3 is 11.9 Å². The highest BCUT2D eigenvalue weighted by molar-refractivity contribution is 5.83. The van der Waals surface area contributed by atoms with Crippen LogP contribution in [-0.2, 0) is 19.1 Å². The van der Waals surface area contributed by atoms with Crippen molar-refractivity contribution in [1.82, 2.24) is 0 Å². The fraction of sp³-hybridized carbons (Fsp3) is 0.714. The second-order valence-electron chi connectivity index (χ2n) is 6.24. The first-order valence-corrected chi connectivity index (χ1v) is 6.08. The normalized spacial score (nSPS) is 25.9. The van der Waals surface area contributed by atoms with Gasteiger partial charge in [-0.05, 0) is 32.1 Å². The molecule has 1 fully saturated rings. The molecule has 0 heterocycles. The lowest BCUT2D eigenvalue weighted by Gasteiger charge is -2.19. The second-order valence-corrected chi connectivity index (χ2v) is 6.24. The molecule has 1 aliphatic rings. The number of methoxy groups -OCH3 is 1. The van der Waals surface area contributed by atoms with E-state index in [4.69, 9.17) is 4.74 Å². The van der Waals surface area contributed by atoms with Crippen LogP contribution in [0.3, 0.4) is 0 Å². The zero-order valence-corrected chi connectivity index (χ0v) is 11.9. The lowest BCUT2D eigenvalue weighted by molar-refractivity contribution is -0.157. The SMILES string of the molecule is COC(=O)C=C[C@@H]1[C@@H](C(=O)OC(C)(C)C)C1(C)C. The monoisotopic (exact) mass is 254 g/mol. The molecule has 0 spiro atoms. The van der Waals surface area contributed by atoms with E-state index in [0.29, 0.717) is 0 Å². The van der Waals surface area contributed by atoms with Crippen LogP contribution in [-0.4, -0.2) is 24.6 Å². The van der Waals surface area contributed by atoms with Crippen molar-refractivity contribution in [3.05, 3.63) is 12.2 Å². The highest BCUT2D eigenvalue weighted by atomic mass is 16.6. The fourth-order valence-corrected chi connectivity index (χ4v) is 2.10. The molecule has 0 aliphatic heterocycles. The van der Waals surface area contributed by atoms with E-state index in [1.807, 2.05) is 34.6 Å². The molecule has 0 bridgehead atoms. The number of hydrogen-bond acceptors (Lipinski definition) is 4. The van der Waals surface area contributed by atoms with Crippen LogP contribution in [0.1, 0.15) is 34.6 Å². The molecule has 102 valence electrons. The molecule has 18 heavy (non-hydrogen) atoms. The van der Waals surface area contributed by atoms with E-state index in [1.165, 1.54) is 13.2 Å². The lowest BCUT2D eigenvalue weighted by atomic mass is 10.1. The molecule has 0 aromatic rings. The van der Waals surface area contributed by atoms with Crippen molar-refractivity contribution in [2.75, 3.05) is 7.11 Å². The number of ether oxygens (including phenoxy) is 2. The average molecular weight is 254 g/mol. The average Bonchev–Trinajstić information content (AvgIpc) is 2.74. The van der Waals surface area contributed by atoms with Crippen LogP contribution >= 0.6 is 0 Å². The predicted molar refractivity (Wildman–Crippen MR) is 67.8 cm³/mol. The van der Waals surface area contributed by atoms with Crippen molar-refractivity contribution in [3.8, 4) is 0 Å². The Morgan fingerprint density at radius 1 is 1.22 bits per heavy atom. The van der Waals surface area contributed by atoms with Gasteiger partial charge in [0.15, 0.2) is 0 Å². The van der Waals surface area contributed by atoms with Crippen LogP contribution in [0, 0.1) is 17.3 Å². The van der Waals surface area contributed by atoms with Crippen LogP contribution < -0.4 is 0 Å². The molecule has 1 rings (SSSR count). The van der Waals surface area contributed by atoms with Crippen LogP contribution in [0.2, 0.25) is 0 Å². The smallest absolute Gasteiger partial charge is 0.330 e. The highest BCUT2D eigenvalue weighted by Gasteiger charge is 2.61. The second kappa shape index (κ2) is 4.75. The summed E-state index contributed by atoms with van der Waals surface area (Å²) in [6.45, 7) is 9.53. The molecule has 0 radical (unpaired) electrons. The minimum atomic E-state index is -0.480. The lowest BCUT2D eigenvalue weighted by Crippen LogP contribution is -2.26. The number of carbonyl (C=O) groups is 2. The van der Waals surface area contributed by atoms with Crippen molar-refractivity contribution >= 4 is 11.9 Å². The van der Waals surface area contributed by atoms with E-state index < -0.39 is 11.6 Å². The first kappa shape index (κ1) is 14.7. The van der Waals surface area contributed by atoms with Crippen LogP contribution in [0.4, 0.5) is 0 Å². The summed E-state index contributed by atoms with van der Waals surface area (Å²) in [4.78, 5) is 23.0. The molecule has 0 saturated heterocycles.